The maximum absolute atomic E-state index is 4.40. The summed E-state index contributed by atoms with van der Waals surface area (Å²) in [6.07, 6.45) is 6.34. The van der Waals surface area contributed by atoms with Crippen LogP contribution in [0, 0.1) is 13.8 Å². The first-order valence-corrected chi connectivity index (χ1v) is 6.20. The summed E-state index contributed by atoms with van der Waals surface area (Å²) in [7, 11) is 0. The molecule has 0 aliphatic rings. The van der Waals surface area contributed by atoms with Crippen molar-refractivity contribution in [1.29, 1.82) is 0 Å². The second-order valence-electron chi connectivity index (χ2n) is 4.31. The molecule has 1 N–H and O–H groups in total. The highest BCUT2D eigenvalue weighted by Gasteiger charge is 2.10. The van der Waals surface area contributed by atoms with Crippen molar-refractivity contribution < 1.29 is 0 Å². The summed E-state index contributed by atoms with van der Waals surface area (Å²) in [5, 5.41) is 3.33. The van der Waals surface area contributed by atoms with Gasteiger partial charge in [0, 0.05) is 30.1 Å². The molecule has 0 saturated carbocycles. The zero-order valence-corrected chi connectivity index (χ0v) is 11.1. The SMILES string of the molecule is CCCNc1ncnc(-c2ccncc2C)c1C. The van der Waals surface area contributed by atoms with E-state index in [0.717, 1.165) is 41.2 Å². The van der Waals surface area contributed by atoms with Gasteiger partial charge in [-0.1, -0.05) is 6.92 Å². The lowest BCUT2D eigenvalue weighted by Gasteiger charge is -2.12. The fraction of sp³-hybridized carbons (Fsp3) is 0.357. The van der Waals surface area contributed by atoms with Gasteiger partial charge in [0.2, 0.25) is 0 Å². The first kappa shape index (κ1) is 12.5. The summed E-state index contributed by atoms with van der Waals surface area (Å²) in [5.74, 6) is 0.915. The molecule has 0 aromatic carbocycles. The smallest absolute Gasteiger partial charge is 0.132 e. The van der Waals surface area contributed by atoms with Crippen LogP contribution in [0.4, 0.5) is 5.82 Å². The molecule has 2 aromatic heterocycles. The molecule has 4 heteroatoms. The van der Waals surface area contributed by atoms with Crippen LogP contribution in [0.3, 0.4) is 0 Å². The first-order chi connectivity index (χ1) is 8.74. The average molecular weight is 242 g/mol. The number of hydrogen-bond donors (Lipinski definition) is 1. The molecular formula is C14H18N4. The molecule has 0 bridgehead atoms. The summed E-state index contributed by atoms with van der Waals surface area (Å²) >= 11 is 0. The number of aryl methyl sites for hydroxylation is 1. The van der Waals surface area contributed by atoms with E-state index in [9.17, 15) is 0 Å². The fourth-order valence-corrected chi connectivity index (χ4v) is 1.88. The molecule has 0 aliphatic carbocycles. The van der Waals surface area contributed by atoms with Crippen molar-refractivity contribution in [3.05, 3.63) is 35.9 Å². The van der Waals surface area contributed by atoms with E-state index in [1.165, 1.54) is 0 Å². The Morgan fingerprint density at radius 2 is 2.06 bits per heavy atom. The topological polar surface area (TPSA) is 50.7 Å². The molecule has 0 saturated heterocycles. The van der Waals surface area contributed by atoms with Crippen LogP contribution < -0.4 is 5.32 Å². The molecule has 2 aromatic rings. The van der Waals surface area contributed by atoms with Gasteiger partial charge in [0.1, 0.15) is 12.1 Å². The molecule has 0 radical (unpaired) electrons. The molecule has 0 atom stereocenters. The Labute approximate surface area is 108 Å². The van der Waals surface area contributed by atoms with E-state index in [0.29, 0.717) is 0 Å². The van der Waals surface area contributed by atoms with Crippen LogP contribution in [0.1, 0.15) is 24.5 Å². The van der Waals surface area contributed by atoms with Crippen LogP contribution in [0.2, 0.25) is 0 Å². The van der Waals surface area contributed by atoms with E-state index in [-0.39, 0.29) is 0 Å². The average Bonchev–Trinajstić information content (AvgIpc) is 2.39. The van der Waals surface area contributed by atoms with E-state index >= 15 is 0 Å². The largest absolute Gasteiger partial charge is 0.370 e. The Bertz CT molecular complexity index is 537. The molecule has 94 valence electrons. The van der Waals surface area contributed by atoms with Gasteiger partial charge in [0.05, 0.1) is 5.69 Å². The van der Waals surface area contributed by atoms with Crippen LogP contribution in [0.5, 0.6) is 0 Å². The molecule has 0 fully saturated rings. The summed E-state index contributed by atoms with van der Waals surface area (Å²) in [6, 6.07) is 1.99. The lowest BCUT2D eigenvalue weighted by molar-refractivity contribution is 0.960. The van der Waals surface area contributed by atoms with Crippen molar-refractivity contribution >= 4 is 5.82 Å². The van der Waals surface area contributed by atoms with Crippen molar-refractivity contribution in [1.82, 2.24) is 15.0 Å². The van der Waals surface area contributed by atoms with Crippen LogP contribution in [-0.4, -0.2) is 21.5 Å². The lowest BCUT2D eigenvalue weighted by atomic mass is 10.0. The van der Waals surface area contributed by atoms with Gasteiger partial charge in [-0.15, -0.1) is 0 Å². The molecule has 0 amide bonds. The predicted molar refractivity (Wildman–Crippen MR) is 73.5 cm³/mol. The van der Waals surface area contributed by atoms with Crippen molar-refractivity contribution in [3.63, 3.8) is 0 Å². The number of aromatic nitrogens is 3. The number of rotatable bonds is 4. The van der Waals surface area contributed by atoms with E-state index in [1.807, 2.05) is 26.1 Å². The van der Waals surface area contributed by atoms with Gasteiger partial charge in [-0.3, -0.25) is 4.98 Å². The van der Waals surface area contributed by atoms with Crippen LogP contribution in [-0.2, 0) is 0 Å². The first-order valence-electron chi connectivity index (χ1n) is 6.20. The number of hydrogen-bond acceptors (Lipinski definition) is 4. The number of nitrogens with zero attached hydrogens (tertiary/aromatic N) is 3. The Morgan fingerprint density at radius 3 is 2.78 bits per heavy atom. The van der Waals surface area contributed by atoms with Crippen molar-refractivity contribution in [2.24, 2.45) is 0 Å². The number of pyridine rings is 1. The molecule has 0 unspecified atom stereocenters. The summed E-state index contributed by atoms with van der Waals surface area (Å²) in [6.45, 7) is 7.15. The highest BCUT2D eigenvalue weighted by molar-refractivity contribution is 5.69. The van der Waals surface area contributed by atoms with Gasteiger partial charge in [0.15, 0.2) is 0 Å². The van der Waals surface area contributed by atoms with Crippen molar-refractivity contribution in [2.75, 3.05) is 11.9 Å². The molecule has 2 heterocycles. The van der Waals surface area contributed by atoms with Gasteiger partial charge in [-0.2, -0.15) is 0 Å². The Hall–Kier alpha value is -1.97. The van der Waals surface area contributed by atoms with Gasteiger partial charge in [0.25, 0.3) is 0 Å². The number of anilines is 1. The zero-order valence-electron chi connectivity index (χ0n) is 11.1. The fourth-order valence-electron chi connectivity index (χ4n) is 1.88. The molecule has 18 heavy (non-hydrogen) atoms. The Kier molecular flexibility index (Phi) is 3.87. The standard InChI is InChI=1S/C14H18N4/c1-4-6-16-14-11(3)13(17-9-18-14)12-5-7-15-8-10(12)2/h5,7-9H,4,6H2,1-3H3,(H,16,17,18). The maximum atomic E-state index is 4.40. The highest BCUT2D eigenvalue weighted by atomic mass is 15.0. The molecule has 0 aliphatic heterocycles. The van der Waals surface area contributed by atoms with Gasteiger partial charge in [-0.05, 0) is 31.9 Å². The highest BCUT2D eigenvalue weighted by Crippen LogP contribution is 2.26. The van der Waals surface area contributed by atoms with E-state index in [2.05, 4.69) is 27.2 Å². The minimum Gasteiger partial charge on any atom is -0.370 e. The summed E-state index contributed by atoms with van der Waals surface area (Å²) in [4.78, 5) is 12.8. The third kappa shape index (κ3) is 2.47. The zero-order chi connectivity index (χ0) is 13.0. The minimum absolute atomic E-state index is 0.915. The predicted octanol–water partition coefficient (Wildman–Crippen LogP) is 2.98. The maximum Gasteiger partial charge on any atom is 0.132 e. The van der Waals surface area contributed by atoms with Crippen LogP contribution in [0.15, 0.2) is 24.8 Å². The normalized spacial score (nSPS) is 10.4. The van der Waals surface area contributed by atoms with E-state index in [1.54, 1.807) is 12.5 Å². The van der Waals surface area contributed by atoms with Gasteiger partial charge in [-0.25, -0.2) is 9.97 Å². The monoisotopic (exact) mass is 242 g/mol. The van der Waals surface area contributed by atoms with Gasteiger partial charge >= 0.3 is 0 Å². The summed E-state index contributed by atoms with van der Waals surface area (Å²) in [5.41, 5.74) is 4.30. The Balaban J connectivity index is 2.43. The third-order valence-electron chi connectivity index (χ3n) is 2.90. The molecule has 4 nitrogen and oxygen atoms in total. The molecule has 2 rings (SSSR count). The molecule has 0 spiro atoms. The quantitative estimate of drug-likeness (QED) is 0.895. The lowest BCUT2D eigenvalue weighted by Crippen LogP contribution is -2.05. The third-order valence-corrected chi connectivity index (χ3v) is 2.90. The van der Waals surface area contributed by atoms with E-state index in [4.69, 9.17) is 0 Å². The second kappa shape index (κ2) is 5.58. The minimum atomic E-state index is 0.915. The van der Waals surface area contributed by atoms with Crippen LogP contribution >= 0.6 is 0 Å². The van der Waals surface area contributed by atoms with Crippen molar-refractivity contribution in [2.45, 2.75) is 27.2 Å². The number of nitrogens with one attached hydrogen (secondary N) is 1. The summed E-state index contributed by atoms with van der Waals surface area (Å²) < 4.78 is 0. The van der Waals surface area contributed by atoms with E-state index < -0.39 is 0 Å². The van der Waals surface area contributed by atoms with Crippen LogP contribution in [0.25, 0.3) is 11.3 Å². The van der Waals surface area contributed by atoms with Gasteiger partial charge < -0.3 is 5.32 Å². The Morgan fingerprint density at radius 1 is 1.22 bits per heavy atom. The second-order valence-corrected chi connectivity index (χ2v) is 4.31. The molecular weight excluding hydrogens is 224 g/mol. The van der Waals surface area contributed by atoms with Crippen molar-refractivity contribution in [3.8, 4) is 11.3 Å².